The number of carbonyl (C=O) groups is 1. The lowest BCUT2D eigenvalue weighted by atomic mass is 10.4. The van der Waals surface area contributed by atoms with Gasteiger partial charge in [0.2, 0.25) is 5.91 Å². The molecule has 0 aromatic carbocycles. The molecule has 72 valence electrons. The second kappa shape index (κ2) is 4.50. The molecule has 0 saturated carbocycles. The van der Waals surface area contributed by atoms with Gasteiger partial charge >= 0.3 is 0 Å². The highest BCUT2D eigenvalue weighted by Gasteiger charge is 2.09. The minimum Gasteiger partial charge on any atom is -0.369 e. The maximum Gasteiger partial charge on any atom is 0.231 e. The largest absolute Gasteiger partial charge is 0.369 e. The SMILES string of the molecule is CN(CC(N)=O)Cc1nnsc1Cl. The summed E-state index contributed by atoms with van der Waals surface area (Å²) in [5, 5.41) is 3.81. The van der Waals surface area contributed by atoms with Gasteiger partial charge in [0.05, 0.1) is 6.54 Å². The summed E-state index contributed by atoms with van der Waals surface area (Å²) in [6.45, 7) is 0.673. The zero-order valence-electron chi connectivity index (χ0n) is 7.03. The fraction of sp³-hybridized carbons (Fsp3) is 0.500. The van der Waals surface area contributed by atoms with Crippen LogP contribution in [-0.2, 0) is 11.3 Å². The quantitative estimate of drug-likeness (QED) is 0.782. The number of amides is 1. The van der Waals surface area contributed by atoms with Crippen molar-refractivity contribution in [3.05, 3.63) is 10.0 Å². The van der Waals surface area contributed by atoms with E-state index in [1.165, 1.54) is 0 Å². The molecule has 5 nitrogen and oxygen atoms in total. The van der Waals surface area contributed by atoms with E-state index in [-0.39, 0.29) is 12.5 Å². The van der Waals surface area contributed by atoms with Crippen LogP contribution in [0.5, 0.6) is 0 Å². The lowest BCUT2D eigenvalue weighted by Gasteiger charge is -2.11. The molecule has 0 atom stereocenters. The molecule has 0 fully saturated rings. The number of hydrogen-bond donors (Lipinski definition) is 1. The molecule has 0 bridgehead atoms. The van der Waals surface area contributed by atoms with Gasteiger partial charge in [0.15, 0.2) is 0 Å². The molecule has 1 amide bonds. The van der Waals surface area contributed by atoms with Gasteiger partial charge in [-0.1, -0.05) is 16.1 Å². The Bertz CT molecular complexity index is 303. The topological polar surface area (TPSA) is 72.1 Å². The van der Waals surface area contributed by atoms with Gasteiger partial charge in [-0.25, -0.2) is 0 Å². The van der Waals surface area contributed by atoms with Gasteiger partial charge in [-0.3, -0.25) is 9.69 Å². The molecule has 1 aromatic heterocycles. The van der Waals surface area contributed by atoms with Crippen LogP contribution in [-0.4, -0.2) is 34.0 Å². The van der Waals surface area contributed by atoms with Crippen molar-refractivity contribution in [1.29, 1.82) is 0 Å². The smallest absolute Gasteiger partial charge is 0.231 e. The summed E-state index contributed by atoms with van der Waals surface area (Å²) in [7, 11) is 1.76. The minimum atomic E-state index is -0.373. The van der Waals surface area contributed by atoms with Crippen molar-refractivity contribution in [3.63, 3.8) is 0 Å². The maximum atomic E-state index is 10.5. The first-order valence-electron chi connectivity index (χ1n) is 3.53. The van der Waals surface area contributed by atoms with E-state index in [4.69, 9.17) is 17.3 Å². The molecule has 0 aliphatic rings. The van der Waals surface area contributed by atoms with Gasteiger partial charge in [-0.15, -0.1) is 5.10 Å². The summed E-state index contributed by atoms with van der Waals surface area (Å²) >= 11 is 6.90. The highest BCUT2D eigenvalue weighted by Crippen LogP contribution is 2.17. The Morgan fingerprint density at radius 1 is 1.77 bits per heavy atom. The van der Waals surface area contributed by atoms with E-state index in [0.29, 0.717) is 16.6 Å². The summed E-state index contributed by atoms with van der Waals surface area (Å²) < 4.78 is 4.22. The lowest BCUT2D eigenvalue weighted by molar-refractivity contribution is -0.118. The molecule has 13 heavy (non-hydrogen) atoms. The summed E-state index contributed by atoms with van der Waals surface area (Å²) in [5.74, 6) is -0.373. The number of carbonyl (C=O) groups excluding carboxylic acids is 1. The highest BCUT2D eigenvalue weighted by atomic mass is 35.5. The first-order valence-corrected chi connectivity index (χ1v) is 4.68. The maximum absolute atomic E-state index is 10.5. The molecule has 0 aliphatic carbocycles. The Morgan fingerprint density at radius 3 is 2.92 bits per heavy atom. The van der Waals surface area contributed by atoms with Gasteiger partial charge in [0.1, 0.15) is 10.0 Å². The van der Waals surface area contributed by atoms with Crippen LogP contribution in [0.15, 0.2) is 0 Å². The zero-order chi connectivity index (χ0) is 9.84. The molecule has 1 aromatic rings. The summed E-state index contributed by atoms with van der Waals surface area (Å²) in [6.07, 6.45) is 0. The first kappa shape index (κ1) is 10.4. The second-order valence-electron chi connectivity index (χ2n) is 2.63. The number of aromatic nitrogens is 2. The third-order valence-corrected chi connectivity index (χ3v) is 2.34. The van der Waals surface area contributed by atoms with Crippen LogP contribution in [0, 0.1) is 0 Å². The van der Waals surface area contributed by atoms with Crippen LogP contribution in [0.2, 0.25) is 4.34 Å². The highest BCUT2D eigenvalue weighted by molar-refractivity contribution is 7.10. The summed E-state index contributed by atoms with van der Waals surface area (Å²) in [5.41, 5.74) is 5.69. The van der Waals surface area contributed by atoms with E-state index in [1.807, 2.05) is 0 Å². The average molecular weight is 221 g/mol. The first-order chi connectivity index (χ1) is 6.09. The summed E-state index contributed by atoms with van der Waals surface area (Å²) in [6, 6.07) is 0. The molecule has 0 spiro atoms. The molecule has 2 N–H and O–H groups in total. The number of nitrogens with zero attached hydrogens (tertiary/aromatic N) is 3. The number of hydrogen-bond acceptors (Lipinski definition) is 5. The molecular formula is C6H9ClN4OS. The zero-order valence-corrected chi connectivity index (χ0v) is 8.60. The van der Waals surface area contributed by atoms with E-state index in [2.05, 4.69) is 9.59 Å². The van der Waals surface area contributed by atoms with E-state index in [9.17, 15) is 4.79 Å². The predicted octanol–water partition coefficient (Wildman–Crippen LogP) is 0.109. The standard InChI is InChI=1S/C6H9ClN4OS/c1-11(3-5(8)12)2-4-6(7)13-10-9-4/h2-3H2,1H3,(H2,8,12). The van der Waals surface area contributed by atoms with Crippen molar-refractivity contribution in [2.45, 2.75) is 6.54 Å². The van der Waals surface area contributed by atoms with Crippen molar-refractivity contribution in [2.24, 2.45) is 5.73 Å². The Kier molecular flexibility index (Phi) is 3.58. The van der Waals surface area contributed by atoms with E-state index in [1.54, 1.807) is 11.9 Å². The molecule has 0 aliphatic heterocycles. The Hall–Kier alpha value is -0.720. The normalized spacial score (nSPS) is 10.7. The molecule has 0 radical (unpaired) electrons. The Labute approximate surface area is 84.6 Å². The molecular weight excluding hydrogens is 212 g/mol. The number of primary amides is 1. The lowest BCUT2D eigenvalue weighted by Crippen LogP contribution is -2.30. The molecule has 0 unspecified atom stereocenters. The van der Waals surface area contributed by atoms with E-state index < -0.39 is 0 Å². The van der Waals surface area contributed by atoms with Crippen molar-refractivity contribution < 1.29 is 4.79 Å². The van der Waals surface area contributed by atoms with Crippen molar-refractivity contribution in [1.82, 2.24) is 14.5 Å². The summed E-state index contributed by atoms with van der Waals surface area (Å²) in [4.78, 5) is 12.3. The molecule has 0 saturated heterocycles. The van der Waals surface area contributed by atoms with Crippen molar-refractivity contribution in [2.75, 3.05) is 13.6 Å². The van der Waals surface area contributed by atoms with Crippen molar-refractivity contribution >= 4 is 29.0 Å². The monoisotopic (exact) mass is 220 g/mol. The van der Waals surface area contributed by atoms with Crippen LogP contribution in [0.3, 0.4) is 0 Å². The molecule has 7 heteroatoms. The van der Waals surface area contributed by atoms with E-state index in [0.717, 1.165) is 11.5 Å². The number of halogens is 1. The Balaban J connectivity index is 2.49. The number of nitrogens with two attached hydrogens (primary N) is 1. The Morgan fingerprint density at radius 2 is 2.46 bits per heavy atom. The van der Waals surface area contributed by atoms with Gasteiger partial charge in [-0.2, -0.15) is 0 Å². The van der Waals surface area contributed by atoms with Crippen LogP contribution in [0.25, 0.3) is 0 Å². The van der Waals surface area contributed by atoms with Gasteiger partial charge < -0.3 is 5.73 Å². The van der Waals surface area contributed by atoms with Crippen LogP contribution >= 0.6 is 23.1 Å². The fourth-order valence-electron chi connectivity index (χ4n) is 0.869. The van der Waals surface area contributed by atoms with Crippen LogP contribution in [0.1, 0.15) is 5.69 Å². The number of rotatable bonds is 4. The second-order valence-corrected chi connectivity index (χ2v) is 3.99. The predicted molar refractivity (Wildman–Crippen MR) is 50.4 cm³/mol. The van der Waals surface area contributed by atoms with Crippen LogP contribution in [0.4, 0.5) is 0 Å². The molecule has 1 heterocycles. The van der Waals surface area contributed by atoms with Gasteiger partial charge in [-0.05, 0) is 7.05 Å². The van der Waals surface area contributed by atoms with Crippen LogP contribution < -0.4 is 5.73 Å². The average Bonchev–Trinajstić information content (AvgIpc) is 2.34. The third kappa shape index (κ3) is 3.25. The number of likely N-dealkylation sites (N-methyl/N-ethyl adjacent to an activating group) is 1. The van der Waals surface area contributed by atoms with Gasteiger partial charge in [0, 0.05) is 18.1 Å². The van der Waals surface area contributed by atoms with Gasteiger partial charge in [0.25, 0.3) is 0 Å². The molecule has 1 rings (SSSR count). The fourth-order valence-corrected chi connectivity index (χ4v) is 1.48. The van der Waals surface area contributed by atoms with E-state index >= 15 is 0 Å². The van der Waals surface area contributed by atoms with Crippen molar-refractivity contribution in [3.8, 4) is 0 Å². The third-order valence-electron chi connectivity index (χ3n) is 1.35. The minimum absolute atomic E-state index is 0.188.